The van der Waals surface area contributed by atoms with Gasteiger partial charge in [-0.3, -0.25) is 0 Å². The van der Waals surface area contributed by atoms with Crippen molar-refractivity contribution in [2.24, 2.45) is 0 Å². The van der Waals surface area contributed by atoms with Crippen LogP contribution in [0.4, 0.5) is 5.95 Å². The molecule has 1 aromatic carbocycles. The van der Waals surface area contributed by atoms with Crippen LogP contribution >= 0.6 is 0 Å². The van der Waals surface area contributed by atoms with Crippen LogP contribution in [0.25, 0.3) is 11.0 Å². The van der Waals surface area contributed by atoms with E-state index in [2.05, 4.69) is 27.6 Å². The fourth-order valence-corrected chi connectivity index (χ4v) is 2.91. The molecule has 1 aliphatic heterocycles. The number of imidazole rings is 1. The van der Waals surface area contributed by atoms with Crippen LogP contribution in [-0.4, -0.2) is 41.7 Å². The summed E-state index contributed by atoms with van der Waals surface area (Å²) < 4.78 is 7.53. The number of anilines is 1. The molecule has 0 spiro atoms. The van der Waals surface area contributed by atoms with E-state index in [1.165, 1.54) is 0 Å². The lowest BCUT2D eigenvalue weighted by atomic mass is 10.1. The number of fused-ring (bicyclic) bond motifs is 1. The molecule has 0 saturated carbocycles. The Bertz CT molecular complexity index is 584. The lowest BCUT2D eigenvalue weighted by molar-refractivity contribution is 0.225. The number of nitrogen functional groups attached to an aromatic ring is 1. The highest BCUT2D eigenvalue weighted by atomic mass is 16.5. The van der Waals surface area contributed by atoms with E-state index in [1.807, 2.05) is 12.1 Å². The average Bonchev–Trinajstić information content (AvgIpc) is 2.76. The van der Waals surface area contributed by atoms with Gasteiger partial charge in [0.1, 0.15) is 11.3 Å². The second kappa shape index (κ2) is 4.74. The van der Waals surface area contributed by atoms with Gasteiger partial charge in [0.25, 0.3) is 0 Å². The standard InChI is InChI=1S/C14H20N4O/c1-17-8-6-10(7-9-17)18-11-4-3-5-12(19-2)13(11)16-14(18)15/h3-5,10H,6-9H2,1-2H3,(H2,15,16). The molecule has 5 nitrogen and oxygen atoms in total. The third-order valence-electron chi connectivity index (χ3n) is 3.98. The topological polar surface area (TPSA) is 56.3 Å². The van der Waals surface area contributed by atoms with Gasteiger partial charge in [0.15, 0.2) is 0 Å². The zero-order valence-corrected chi connectivity index (χ0v) is 11.5. The maximum Gasteiger partial charge on any atom is 0.201 e. The summed E-state index contributed by atoms with van der Waals surface area (Å²) in [6, 6.07) is 6.43. The molecule has 1 aromatic heterocycles. The first-order valence-corrected chi connectivity index (χ1v) is 6.69. The predicted molar refractivity (Wildman–Crippen MR) is 76.5 cm³/mol. The maximum absolute atomic E-state index is 6.13. The van der Waals surface area contributed by atoms with E-state index in [-0.39, 0.29) is 0 Å². The number of likely N-dealkylation sites (tertiary alicyclic amines) is 1. The third kappa shape index (κ3) is 2.04. The van der Waals surface area contributed by atoms with Crippen LogP contribution in [0, 0.1) is 0 Å². The number of ether oxygens (including phenoxy) is 1. The van der Waals surface area contributed by atoms with Crippen molar-refractivity contribution in [3.63, 3.8) is 0 Å². The third-order valence-corrected chi connectivity index (χ3v) is 3.98. The number of piperidine rings is 1. The number of benzene rings is 1. The van der Waals surface area contributed by atoms with Gasteiger partial charge >= 0.3 is 0 Å². The first-order valence-electron chi connectivity index (χ1n) is 6.69. The summed E-state index contributed by atoms with van der Waals surface area (Å²) in [4.78, 5) is 6.83. The van der Waals surface area contributed by atoms with Gasteiger partial charge in [0.2, 0.25) is 5.95 Å². The van der Waals surface area contributed by atoms with Gasteiger partial charge in [-0.15, -0.1) is 0 Å². The van der Waals surface area contributed by atoms with Crippen LogP contribution in [0.1, 0.15) is 18.9 Å². The van der Waals surface area contributed by atoms with Gasteiger partial charge < -0.3 is 19.9 Å². The largest absolute Gasteiger partial charge is 0.494 e. The van der Waals surface area contributed by atoms with E-state index in [0.29, 0.717) is 12.0 Å². The minimum absolute atomic E-state index is 0.438. The van der Waals surface area contributed by atoms with Crippen molar-refractivity contribution in [3.8, 4) is 5.75 Å². The minimum atomic E-state index is 0.438. The van der Waals surface area contributed by atoms with Crippen LogP contribution in [0.15, 0.2) is 18.2 Å². The Morgan fingerprint density at radius 2 is 2.05 bits per heavy atom. The average molecular weight is 260 g/mol. The highest BCUT2D eigenvalue weighted by Gasteiger charge is 2.23. The summed E-state index contributed by atoms with van der Waals surface area (Å²) in [5.41, 5.74) is 8.06. The van der Waals surface area contributed by atoms with E-state index in [1.54, 1.807) is 7.11 Å². The summed E-state index contributed by atoms with van der Waals surface area (Å²) in [5, 5.41) is 0. The summed E-state index contributed by atoms with van der Waals surface area (Å²) in [7, 11) is 3.83. The Morgan fingerprint density at radius 1 is 1.32 bits per heavy atom. The molecule has 2 N–H and O–H groups in total. The normalized spacial score (nSPS) is 18.0. The van der Waals surface area contributed by atoms with Crippen LogP contribution in [0.3, 0.4) is 0 Å². The van der Waals surface area contributed by atoms with E-state index in [4.69, 9.17) is 10.5 Å². The molecule has 5 heteroatoms. The molecular weight excluding hydrogens is 240 g/mol. The van der Waals surface area contributed by atoms with Gasteiger partial charge in [0, 0.05) is 6.04 Å². The van der Waals surface area contributed by atoms with Gasteiger partial charge in [-0.05, 0) is 45.1 Å². The highest BCUT2D eigenvalue weighted by molar-refractivity contribution is 5.84. The number of para-hydroxylation sites is 1. The number of hydrogen-bond donors (Lipinski definition) is 1. The lowest BCUT2D eigenvalue weighted by Gasteiger charge is -2.30. The van der Waals surface area contributed by atoms with E-state index < -0.39 is 0 Å². The maximum atomic E-state index is 6.13. The van der Waals surface area contributed by atoms with Crippen LogP contribution < -0.4 is 10.5 Å². The molecule has 1 fully saturated rings. The molecule has 0 radical (unpaired) electrons. The SMILES string of the molecule is COc1cccc2c1nc(N)n2C1CCN(C)CC1. The molecule has 3 rings (SSSR count). The summed E-state index contributed by atoms with van der Waals surface area (Å²) >= 11 is 0. The van der Waals surface area contributed by atoms with Crippen molar-refractivity contribution >= 4 is 17.0 Å². The molecule has 0 atom stereocenters. The quantitative estimate of drug-likeness (QED) is 0.896. The van der Waals surface area contributed by atoms with Gasteiger partial charge in [-0.1, -0.05) is 6.07 Å². The number of nitrogens with two attached hydrogens (primary N) is 1. The van der Waals surface area contributed by atoms with Gasteiger partial charge in [-0.25, -0.2) is 4.98 Å². The Kier molecular flexibility index (Phi) is 3.06. The molecule has 0 bridgehead atoms. The van der Waals surface area contributed by atoms with E-state index in [9.17, 15) is 0 Å². The van der Waals surface area contributed by atoms with Crippen molar-refractivity contribution in [1.29, 1.82) is 0 Å². The summed E-state index contributed by atoms with van der Waals surface area (Å²) in [6.45, 7) is 2.21. The number of hydrogen-bond acceptors (Lipinski definition) is 4. The molecule has 0 amide bonds. The molecule has 2 aromatic rings. The molecule has 102 valence electrons. The van der Waals surface area contributed by atoms with Crippen LogP contribution in [0.2, 0.25) is 0 Å². The smallest absolute Gasteiger partial charge is 0.201 e. The van der Waals surface area contributed by atoms with Crippen molar-refractivity contribution in [2.75, 3.05) is 33.0 Å². The van der Waals surface area contributed by atoms with E-state index >= 15 is 0 Å². The van der Waals surface area contributed by atoms with Gasteiger partial charge in [-0.2, -0.15) is 0 Å². The highest BCUT2D eigenvalue weighted by Crippen LogP contribution is 2.33. The first kappa shape index (κ1) is 12.3. The number of aromatic nitrogens is 2. The zero-order valence-electron chi connectivity index (χ0n) is 11.5. The second-order valence-electron chi connectivity index (χ2n) is 5.20. The molecule has 2 heterocycles. The summed E-state index contributed by atoms with van der Waals surface area (Å²) in [6.07, 6.45) is 2.23. The number of rotatable bonds is 2. The fourth-order valence-electron chi connectivity index (χ4n) is 2.91. The molecule has 1 aliphatic rings. The molecule has 19 heavy (non-hydrogen) atoms. The number of methoxy groups -OCH3 is 1. The second-order valence-corrected chi connectivity index (χ2v) is 5.20. The zero-order chi connectivity index (χ0) is 13.4. The first-order chi connectivity index (χ1) is 9.20. The molecular formula is C14H20N4O. The minimum Gasteiger partial charge on any atom is -0.494 e. The fraction of sp³-hybridized carbons (Fsp3) is 0.500. The van der Waals surface area contributed by atoms with Crippen LogP contribution in [-0.2, 0) is 0 Å². The van der Waals surface area contributed by atoms with Gasteiger partial charge in [0.05, 0.1) is 12.6 Å². The Labute approximate surface area is 113 Å². The summed E-state index contributed by atoms with van der Waals surface area (Å²) in [5.74, 6) is 1.38. The molecule has 0 unspecified atom stereocenters. The molecule has 0 aliphatic carbocycles. The molecule has 1 saturated heterocycles. The number of nitrogens with zero attached hydrogens (tertiary/aromatic N) is 3. The van der Waals surface area contributed by atoms with Crippen molar-refractivity contribution in [2.45, 2.75) is 18.9 Å². The predicted octanol–water partition coefficient (Wildman–Crippen LogP) is 1.89. The lowest BCUT2D eigenvalue weighted by Crippen LogP contribution is -2.31. The Morgan fingerprint density at radius 3 is 2.74 bits per heavy atom. The Hall–Kier alpha value is -1.75. The van der Waals surface area contributed by atoms with E-state index in [0.717, 1.165) is 42.7 Å². The Balaban J connectivity index is 2.06. The van der Waals surface area contributed by atoms with Crippen molar-refractivity contribution in [1.82, 2.24) is 14.5 Å². The van der Waals surface area contributed by atoms with Crippen LogP contribution in [0.5, 0.6) is 5.75 Å². The monoisotopic (exact) mass is 260 g/mol. The van der Waals surface area contributed by atoms with Crippen molar-refractivity contribution < 1.29 is 4.74 Å². The van der Waals surface area contributed by atoms with Crippen molar-refractivity contribution in [3.05, 3.63) is 18.2 Å².